The number of nitro groups is 1. The maximum Gasteiger partial charge on any atom is 0.284 e. The van der Waals surface area contributed by atoms with Gasteiger partial charge in [-0.05, 0) is 24.3 Å². The van der Waals surface area contributed by atoms with Crippen molar-refractivity contribution in [3.8, 4) is 0 Å². The number of halogens is 3. The predicted octanol–water partition coefficient (Wildman–Crippen LogP) is 5.38. The van der Waals surface area contributed by atoms with Crippen molar-refractivity contribution in [2.45, 2.75) is 9.79 Å². The fraction of sp³-hybridized carbons (Fsp3) is 0. The van der Waals surface area contributed by atoms with Crippen molar-refractivity contribution in [2.24, 2.45) is 0 Å². The van der Waals surface area contributed by atoms with Gasteiger partial charge in [0.05, 0.1) is 30.4 Å². The summed E-state index contributed by atoms with van der Waals surface area (Å²) in [5.41, 5.74) is 0.235. The van der Waals surface area contributed by atoms with E-state index in [4.69, 9.17) is 23.2 Å². The summed E-state index contributed by atoms with van der Waals surface area (Å²) >= 11 is 16.4. The molecule has 0 atom stereocenters. The standard InChI is InChI=1S/C13H7BrCl2N2O3S/c14-7-1-4-11(10(5-7)18(20)21)22-13-9(16)3-2-8(15)12(13)17-6-19/h1-6H,(H,17,19). The fourth-order valence-electron chi connectivity index (χ4n) is 1.66. The van der Waals surface area contributed by atoms with Gasteiger partial charge in [-0.2, -0.15) is 0 Å². The van der Waals surface area contributed by atoms with Gasteiger partial charge in [0.25, 0.3) is 5.69 Å². The average molecular weight is 422 g/mol. The van der Waals surface area contributed by atoms with Crippen molar-refractivity contribution < 1.29 is 9.72 Å². The normalized spacial score (nSPS) is 10.3. The third kappa shape index (κ3) is 3.73. The van der Waals surface area contributed by atoms with Crippen molar-refractivity contribution in [1.82, 2.24) is 0 Å². The second kappa shape index (κ2) is 7.32. The summed E-state index contributed by atoms with van der Waals surface area (Å²) in [6, 6.07) is 7.77. The van der Waals surface area contributed by atoms with Gasteiger partial charge < -0.3 is 5.32 Å². The van der Waals surface area contributed by atoms with E-state index < -0.39 is 4.92 Å². The van der Waals surface area contributed by atoms with Crippen molar-refractivity contribution in [1.29, 1.82) is 0 Å². The number of benzene rings is 2. The van der Waals surface area contributed by atoms with E-state index in [1.165, 1.54) is 12.1 Å². The zero-order valence-electron chi connectivity index (χ0n) is 10.7. The molecule has 22 heavy (non-hydrogen) atoms. The van der Waals surface area contributed by atoms with E-state index in [0.29, 0.717) is 36.4 Å². The summed E-state index contributed by atoms with van der Waals surface area (Å²) in [6.45, 7) is 0. The van der Waals surface area contributed by atoms with Gasteiger partial charge in [0.1, 0.15) is 0 Å². The van der Waals surface area contributed by atoms with Gasteiger partial charge in [-0.1, -0.05) is 50.9 Å². The monoisotopic (exact) mass is 420 g/mol. The third-order valence-corrected chi connectivity index (χ3v) is 5.02. The van der Waals surface area contributed by atoms with Crippen LogP contribution in [0, 0.1) is 10.1 Å². The van der Waals surface area contributed by atoms with Crippen molar-refractivity contribution >= 4 is 68.7 Å². The minimum Gasteiger partial charge on any atom is -0.326 e. The van der Waals surface area contributed by atoms with Gasteiger partial charge >= 0.3 is 0 Å². The number of amides is 1. The molecule has 0 aliphatic heterocycles. The molecule has 2 rings (SSSR count). The number of hydrogen-bond donors (Lipinski definition) is 1. The number of carbonyl (C=O) groups excluding carboxylic acids is 1. The molecule has 2 aromatic rings. The Labute approximate surface area is 148 Å². The maximum absolute atomic E-state index is 11.2. The zero-order chi connectivity index (χ0) is 16.3. The van der Waals surface area contributed by atoms with Gasteiger partial charge in [0.2, 0.25) is 6.41 Å². The van der Waals surface area contributed by atoms with Crippen LogP contribution >= 0.6 is 50.9 Å². The van der Waals surface area contributed by atoms with E-state index in [1.807, 2.05) is 0 Å². The molecule has 114 valence electrons. The van der Waals surface area contributed by atoms with Crippen LogP contribution in [0.5, 0.6) is 0 Å². The molecule has 0 radical (unpaired) electrons. The summed E-state index contributed by atoms with van der Waals surface area (Å²) in [7, 11) is 0. The van der Waals surface area contributed by atoms with Crippen molar-refractivity contribution in [3.63, 3.8) is 0 Å². The first-order valence-corrected chi connectivity index (χ1v) is 8.10. The molecule has 0 saturated carbocycles. The van der Waals surface area contributed by atoms with E-state index in [1.54, 1.807) is 18.2 Å². The Hall–Kier alpha value is -1.28. The molecule has 1 N–H and O–H groups in total. The largest absolute Gasteiger partial charge is 0.326 e. The lowest BCUT2D eigenvalue weighted by Crippen LogP contribution is -1.98. The molecule has 2 aromatic carbocycles. The molecule has 0 aliphatic carbocycles. The molecule has 0 fully saturated rings. The highest BCUT2D eigenvalue weighted by Crippen LogP contribution is 2.45. The Morgan fingerprint density at radius 2 is 1.91 bits per heavy atom. The van der Waals surface area contributed by atoms with Gasteiger partial charge in [-0.25, -0.2) is 0 Å². The Morgan fingerprint density at radius 3 is 2.55 bits per heavy atom. The van der Waals surface area contributed by atoms with E-state index in [9.17, 15) is 14.9 Å². The van der Waals surface area contributed by atoms with Crippen molar-refractivity contribution in [2.75, 3.05) is 5.32 Å². The molecule has 0 aliphatic rings. The summed E-state index contributed by atoms with van der Waals surface area (Å²) < 4.78 is 0.590. The molecule has 0 heterocycles. The molecule has 0 bridgehead atoms. The molecule has 0 spiro atoms. The quantitative estimate of drug-likeness (QED) is 0.399. The molecular weight excluding hydrogens is 415 g/mol. The van der Waals surface area contributed by atoms with Crippen LogP contribution in [0.25, 0.3) is 0 Å². The maximum atomic E-state index is 11.2. The van der Waals surface area contributed by atoms with Crippen LogP contribution in [0.3, 0.4) is 0 Å². The first-order chi connectivity index (χ1) is 10.4. The van der Waals surface area contributed by atoms with Crippen LogP contribution in [0.2, 0.25) is 10.0 Å². The molecule has 0 aromatic heterocycles. The second-order valence-corrected chi connectivity index (χ2v) is 6.75. The highest BCUT2D eigenvalue weighted by molar-refractivity contribution is 9.10. The van der Waals surface area contributed by atoms with Crippen LogP contribution in [-0.4, -0.2) is 11.3 Å². The predicted molar refractivity (Wildman–Crippen MR) is 91.1 cm³/mol. The van der Waals surface area contributed by atoms with Crippen LogP contribution in [0.1, 0.15) is 0 Å². The Bertz CT molecular complexity index is 758. The van der Waals surface area contributed by atoms with Crippen LogP contribution in [-0.2, 0) is 4.79 Å². The number of nitro benzene ring substituents is 1. The Kier molecular flexibility index (Phi) is 5.69. The first kappa shape index (κ1) is 17.1. The topological polar surface area (TPSA) is 72.2 Å². The Morgan fingerprint density at radius 1 is 1.23 bits per heavy atom. The summed E-state index contributed by atoms with van der Waals surface area (Å²) in [4.78, 5) is 22.2. The summed E-state index contributed by atoms with van der Waals surface area (Å²) in [5, 5.41) is 14.3. The lowest BCUT2D eigenvalue weighted by molar-refractivity contribution is -0.387. The number of nitrogens with zero attached hydrogens (tertiary/aromatic N) is 1. The lowest BCUT2D eigenvalue weighted by atomic mass is 10.3. The molecular formula is C13H7BrCl2N2O3S. The lowest BCUT2D eigenvalue weighted by Gasteiger charge is -2.12. The number of nitrogens with one attached hydrogen (secondary N) is 1. The number of anilines is 1. The summed E-state index contributed by atoms with van der Waals surface area (Å²) in [5.74, 6) is 0. The minimum absolute atomic E-state index is 0.0764. The van der Waals surface area contributed by atoms with Crippen LogP contribution in [0.15, 0.2) is 44.6 Å². The number of carbonyl (C=O) groups is 1. The van der Waals surface area contributed by atoms with E-state index in [2.05, 4.69) is 21.2 Å². The SMILES string of the molecule is O=CNc1c(Cl)ccc(Cl)c1Sc1ccc(Br)cc1[N+](=O)[O-]. The van der Waals surface area contributed by atoms with Gasteiger partial charge in [0.15, 0.2) is 0 Å². The molecule has 5 nitrogen and oxygen atoms in total. The number of rotatable bonds is 5. The average Bonchev–Trinajstić information content (AvgIpc) is 2.47. The second-order valence-electron chi connectivity index (χ2n) is 3.97. The van der Waals surface area contributed by atoms with Crippen LogP contribution < -0.4 is 5.32 Å². The fourth-order valence-corrected chi connectivity index (χ4v) is 3.58. The van der Waals surface area contributed by atoms with Gasteiger partial charge in [0, 0.05) is 10.5 Å². The highest BCUT2D eigenvalue weighted by atomic mass is 79.9. The minimum atomic E-state index is -0.488. The summed E-state index contributed by atoms with van der Waals surface area (Å²) in [6.07, 6.45) is 0.470. The van der Waals surface area contributed by atoms with E-state index in [-0.39, 0.29) is 5.69 Å². The van der Waals surface area contributed by atoms with Gasteiger partial charge in [-0.3, -0.25) is 14.9 Å². The molecule has 0 unspecified atom stereocenters. The highest BCUT2D eigenvalue weighted by Gasteiger charge is 2.19. The van der Waals surface area contributed by atoms with Gasteiger partial charge in [-0.15, -0.1) is 0 Å². The van der Waals surface area contributed by atoms with E-state index in [0.717, 1.165) is 11.8 Å². The molecule has 1 amide bonds. The first-order valence-electron chi connectivity index (χ1n) is 5.74. The molecule has 9 heteroatoms. The number of hydrogen-bond acceptors (Lipinski definition) is 4. The van der Waals surface area contributed by atoms with Crippen molar-refractivity contribution in [3.05, 3.63) is 55.0 Å². The third-order valence-electron chi connectivity index (χ3n) is 2.59. The van der Waals surface area contributed by atoms with Crippen LogP contribution in [0.4, 0.5) is 11.4 Å². The zero-order valence-corrected chi connectivity index (χ0v) is 14.6. The smallest absolute Gasteiger partial charge is 0.284 e. The molecule has 0 saturated heterocycles. The Balaban J connectivity index is 2.54. The van der Waals surface area contributed by atoms with E-state index >= 15 is 0 Å².